The average molecular weight is 320 g/mol. The van der Waals surface area contributed by atoms with Gasteiger partial charge in [0.15, 0.2) is 0 Å². The van der Waals surface area contributed by atoms with E-state index in [0.717, 1.165) is 11.1 Å². The Kier molecular flexibility index (Phi) is 4.57. The number of aryl methyl sites for hydroxylation is 1. The van der Waals surface area contributed by atoms with Gasteiger partial charge in [0.25, 0.3) is 0 Å². The first-order valence-corrected chi connectivity index (χ1v) is 7.84. The molecule has 0 atom stereocenters. The molecule has 2 heteroatoms. The van der Waals surface area contributed by atoms with Crippen molar-refractivity contribution < 1.29 is 8.78 Å². The maximum Gasteiger partial charge on any atom is 0.129 e. The fourth-order valence-electron chi connectivity index (χ4n) is 2.49. The van der Waals surface area contributed by atoms with Crippen molar-refractivity contribution in [1.82, 2.24) is 0 Å². The lowest BCUT2D eigenvalue weighted by Crippen LogP contribution is -1.89. The van der Waals surface area contributed by atoms with Crippen molar-refractivity contribution in [3.05, 3.63) is 94.6 Å². The standard InChI is InChI=1S/C22H18F2/c1-15-3-9-19(10-4-15)20-11-7-17(8-12-20)5-6-18-13-21(23)16(2)22(24)14-18/h3-14H,1-2H3. The molecule has 0 unspecified atom stereocenters. The fraction of sp³-hybridized carbons (Fsp3) is 0.0909. The zero-order valence-electron chi connectivity index (χ0n) is 13.7. The highest BCUT2D eigenvalue weighted by Gasteiger charge is 2.04. The van der Waals surface area contributed by atoms with Crippen molar-refractivity contribution in [3.8, 4) is 11.1 Å². The molecule has 0 nitrogen and oxygen atoms in total. The molecule has 3 rings (SSSR count). The molecule has 0 heterocycles. The second kappa shape index (κ2) is 6.79. The molecular weight excluding hydrogens is 302 g/mol. The highest BCUT2D eigenvalue weighted by Crippen LogP contribution is 2.21. The Morgan fingerprint density at radius 2 is 1.08 bits per heavy atom. The SMILES string of the molecule is Cc1ccc(-c2ccc(C=Cc3cc(F)c(C)c(F)c3)cc2)cc1. The predicted octanol–water partition coefficient (Wildman–Crippen LogP) is 6.42. The van der Waals surface area contributed by atoms with E-state index in [-0.39, 0.29) is 5.56 Å². The monoisotopic (exact) mass is 320 g/mol. The molecule has 0 amide bonds. The van der Waals surface area contributed by atoms with Gasteiger partial charge in [0, 0.05) is 5.56 Å². The molecule has 3 aromatic rings. The van der Waals surface area contributed by atoms with Crippen molar-refractivity contribution in [2.24, 2.45) is 0 Å². The lowest BCUT2D eigenvalue weighted by Gasteiger charge is -2.03. The molecule has 0 saturated heterocycles. The van der Waals surface area contributed by atoms with Crippen LogP contribution in [0.5, 0.6) is 0 Å². The van der Waals surface area contributed by atoms with Gasteiger partial charge in [-0.2, -0.15) is 0 Å². The summed E-state index contributed by atoms with van der Waals surface area (Å²) in [5, 5.41) is 0. The first kappa shape index (κ1) is 16.1. The Bertz CT molecular complexity index is 850. The fourth-order valence-corrected chi connectivity index (χ4v) is 2.49. The van der Waals surface area contributed by atoms with Gasteiger partial charge in [-0.3, -0.25) is 0 Å². The molecule has 0 saturated carbocycles. The number of benzene rings is 3. The maximum absolute atomic E-state index is 13.6. The summed E-state index contributed by atoms with van der Waals surface area (Å²) >= 11 is 0. The molecule has 0 radical (unpaired) electrons. The summed E-state index contributed by atoms with van der Waals surface area (Å²) in [6, 6.07) is 19.1. The first-order chi connectivity index (χ1) is 11.5. The van der Waals surface area contributed by atoms with E-state index in [9.17, 15) is 8.78 Å². The number of halogens is 2. The Hall–Kier alpha value is -2.74. The third-order valence-corrected chi connectivity index (χ3v) is 4.07. The molecule has 0 aliphatic rings. The minimum atomic E-state index is -0.524. The van der Waals surface area contributed by atoms with Crippen molar-refractivity contribution in [3.63, 3.8) is 0 Å². The van der Waals surface area contributed by atoms with Gasteiger partial charge < -0.3 is 0 Å². The van der Waals surface area contributed by atoms with Crippen LogP contribution in [0.15, 0.2) is 60.7 Å². The number of rotatable bonds is 3. The van der Waals surface area contributed by atoms with Crippen LogP contribution in [0.25, 0.3) is 23.3 Å². The Morgan fingerprint density at radius 3 is 1.62 bits per heavy atom. The van der Waals surface area contributed by atoms with Crippen LogP contribution >= 0.6 is 0 Å². The van der Waals surface area contributed by atoms with E-state index in [1.165, 1.54) is 30.2 Å². The van der Waals surface area contributed by atoms with Crippen molar-refractivity contribution in [2.45, 2.75) is 13.8 Å². The van der Waals surface area contributed by atoms with E-state index >= 15 is 0 Å². The third-order valence-electron chi connectivity index (χ3n) is 4.07. The summed E-state index contributed by atoms with van der Waals surface area (Å²) in [5.41, 5.74) is 5.08. The molecule has 120 valence electrons. The zero-order chi connectivity index (χ0) is 17.1. The van der Waals surface area contributed by atoms with E-state index < -0.39 is 11.6 Å². The minimum Gasteiger partial charge on any atom is -0.207 e. The topological polar surface area (TPSA) is 0 Å². The van der Waals surface area contributed by atoms with Crippen LogP contribution in [0.3, 0.4) is 0 Å². The summed E-state index contributed by atoms with van der Waals surface area (Å²) in [4.78, 5) is 0. The van der Waals surface area contributed by atoms with Gasteiger partial charge in [0.2, 0.25) is 0 Å². The second-order valence-electron chi connectivity index (χ2n) is 5.93. The first-order valence-electron chi connectivity index (χ1n) is 7.84. The van der Waals surface area contributed by atoms with E-state index in [2.05, 4.69) is 31.2 Å². The molecule has 0 bridgehead atoms. The van der Waals surface area contributed by atoms with Crippen LogP contribution in [0.1, 0.15) is 22.3 Å². The smallest absolute Gasteiger partial charge is 0.129 e. The van der Waals surface area contributed by atoms with Gasteiger partial charge in [0.1, 0.15) is 11.6 Å². The van der Waals surface area contributed by atoms with Gasteiger partial charge >= 0.3 is 0 Å². The number of hydrogen-bond donors (Lipinski definition) is 0. The second-order valence-corrected chi connectivity index (χ2v) is 5.93. The van der Waals surface area contributed by atoms with Gasteiger partial charge in [-0.25, -0.2) is 8.78 Å². The lowest BCUT2D eigenvalue weighted by atomic mass is 10.0. The molecule has 0 fully saturated rings. The molecule has 0 aliphatic carbocycles. The van der Waals surface area contributed by atoms with Crippen LogP contribution in [0.4, 0.5) is 8.78 Å². The predicted molar refractivity (Wildman–Crippen MR) is 96.6 cm³/mol. The highest BCUT2D eigenvalue weighted by atomic mass is 19.1. The average Bonchev–Trinajstić information content (AvgIpc) is 2.59. The summed E-state index contributed by atoms with van der Waals surface area (Å²) < 4.78 is 27.1. The molecular formula is C22H18F2. The molecule has 3 aromatic carbocycles. The van der Waals surface area contributed by atoms with E-state index in [4.69, 9.17) is 0 Å². The number of hydrogen-bond acceptors (Lipinski definition) is 0. The van der Waals surface area contributed by atoms with E-state index in [0.29, 0.717) is 5.56 Å². The van der Waals surface area contributed by atoms with Crippen molar-refractivity contribution >= 4 is 12.2 Å². The van der Waals surface area contributed by atoms with Gasteiger partial charge in [-0.1, -0.05) is 66.2 Å². The maximum atomic E-state index is 13.6. The quantitative estimate of drug-likeness (QED) is 0.488. The van der Waals surface area contributed by atoms with Crippen LogP contribution in [0, 0.1) is 25.5 Å². The highest BCUT2D eigenvalue weighted by molar-refractivity contribution is 5.72. The Labute approximate surface area is 141 Å². The molecule has 0 spiro atoms. The van der Waals surface area contributed by atoms with Crippen LogP contribution in [-0.2, 0) is 0 Å². The molecule has 24 heavy (non-hydrogen) atoms. The normalized spacial score (nSPS) is 11.2. The zero-order valence-corrected chi connectivity index (χ0v) is 13.7. The van der Waals surface area contributed by atoms with Crippen LogP contribution in [0.2, 0.25) is 0 Å². The van der Waals surface area contributed by atoms with E-state index in [1.807, 2.05) is 30.3 Å². The summed E-state index contributed by atoms with van der Waals surface area (Å²) in [5.74, 6) is -1.05. The van der Waals surface area contributed by atoms with E-state index in [1.54, 1.807) is 6.08 Å². The summed E-state index contributed by atoms with van der Waals surface area (Å²) in [7, 11) is 0. The third kappa shape index (κ3) is 3.60. The summed E-state index contributed by atoms with van der Waals surface area (Å²) in [6.45, 7) is 3.50. The van der Waals surface area contributed by atoms with Crippen molar-refractivity contribution in [1.29, 1.82) is 0 Å². The van der Waals surface area contributed by atoms with Gasteiger partial charge in [0.05, 0.1) is 0 Å². The summed E-state index contributed by atoms with van der Waals surface area (Å²) in [6.07, 6.45) is 3.56. The minimum absolute atomic E-state index is 0.0506. The molecule has 0 N–H and O–H groups in total. The van der Waals surface area contributed by atoms with Crippen LogP contribution in [-0.4, -0.2) is 0 Å². The van der Waals surface area contributed by atoms with Crippen LogP contribution < -0.4 is 0 Å². The lowest BCUT2D eigenvalue weighted by molar-refractivity contribution is 0.567. The Morgan fingerprint density at radius 1 is 0.625 bits per heavy atom. The molecule has 0 aromatic heterocycles. The van der Waals surface area contributed by atoms with Gasteiger partial charge in [-0.05, 0) is 48.2 Å². The Balaban J connectivity index is 1.80. The molecule has 0 aliphatic heterocycles. The van der Waals surface area contributed by atoms with Crippen molar-refractivity contribution in [2.75, 3.05) is 0 Å². The largest absolute Gasteiger partial charge is 0.207 e. The van der Waals surface area contributed by atoms with Gasteiger partial charge in [-0.15, -0.1) is 0 Å².